The van der Waals surface area contributed by atoms with Crippen LogP contribution in [0.5, 0.6) is 0 Å². The first kappa shape index (κ1) is 15.6. The summed E-state index contributed by atoms with van der Waals surface area (Å²) in [6.07, 6.45) is 5.26. The Morgan fingerprint density at radius 3 is 2.35 bits per heavy atom. The highest BCUT2D eigenvalue weighted by atomic mass is 16.4. The van der Waals surface area contributed by atoms with E-state index in [1.807, 2.05) is 0 Å². The summed E-state index contributed by atoms with van der Waals surface area (Å²) in [4.78, 5) is 23.3. The van der Waals surface area contributed by atoms with Gasteiger partial charge in [-0.25, -0.2) is 0 Å². The van der Waals surface area contributed by atoms with E-state index in [1.165, 1.54) is 0 Å². The number of nitrogens with zero attached hydrogens (tertiary/aromatic N) is 1. The second-order valence-corrected chi connectivity index (χ2v) is 4.56. The molecule has 0 saturated carbocycles. The number of rotatable bonds is 7. The van der Waals surface area contributed by atoms with Gasteiger partial charge in [0, 0.05) is 12.2 Å². The van der Waals surface area contributed by atoms with Crippen LogP contribution < -0.4 is 4.90 Å². The third-order valence-electron chi connectivity index (χ3n) is 2.85. The van der Waals surface area contributed by atoms with Crippen LogP contribution in [0.3, 0.4) is 0 Å². The maximum atomic E-state index is 10.9. The minimum atomic E-state index is -0.891. The van der Waals surface area contributed by atoms with Crippen LogP contribution in [0.2, 0.25) is 0 Å². The molecule has 0 spiro atoms. The van der Waals surface area contributed by atoms with E-state index in [4.69, 9.17) is 16.6 Å². The maximum Gasteiger partial charge on any atom is 0.308 e. The molecular weight excluding hydrogens is 258 g/mol. The van der Waals surface area contributed by atoms with Crippen LogP contribution in [0.4, 0.5) is 5.69 Å². The quantitative estimate of drug-likeness (QED) is 0.737. The predicted octanol–water partition coefficient (Wildman–Crippen LogP) is 1.47. The third-order valence-corrected chi connectivity index (χ3v) is 2.85. The van der Waals surface area contributed by atoms with Crippen molar-refractivity contribution in [1.29, 1.82) is 0 Å². The van der Waals surface area contributed by atoms with Crippen molar-refractivity contribution >= 4 is 17.6 Å². The van der Waals surface area contributed by atoms with Crippen LogP contribution in [0.1, 0.15) is 12.5 Å². The number of benzene rings is 1. The van der Waals surface area contributed by atoms with Gasteiger partial charge in [-0.3, -0.25) is 9.59 Å². The van der Waals surface area contributed by atoms with Gasteiger partial charge in [0.15, 0.2) is 0 Å². The molecule has 1 rings (SSSR count). The van der Waals surface area contributed by atoms with Crippen LogP contribution in [0.15, 0.2) is 24.3 Å². The van der Waals surface area contributed by atoms with Gasteiger partial charge in [-0.15, -0.1) is 6.42 Å². The number of carbonyl (C=O) groups is 2. The lowest BCUT2D eigenvalue weighted by Crippen LogP contribution is -2.32. The molecular formula is C15H17NO4. The Labute approximate surface area is 117 Å². The first-order valence-electron chi connectivity index (χ1n) is 6.16. The Balaban J connectivity index is 2.84. The van der Waals surface area contributed by atoms with Gasteiger partial charge < -0.3 is 15.1 Å². The van der Waals surface area contributed by atoms with Gasteiger partial charge in [0.1, 0.15) is 0 Å². The molecule has 0 fully saturated rings. The number of terminal acetylenes is 1. The molecule has 5 nitrogen and oxygen atoms in total. The van der Waals surface area contributed by atoms with Crippen LogP contribution in [0, 0.1) is 18.3 Å². The Bertz CT molecular complexity index is 516. The Kier molecular flexibility index (Phi) is 5.60. The molecule has 0 aliphatic heterocycles. The number of hydrogen-bond acceptors (Lipinski definition) is 3. The van der Waals surface area contributed by atoms with Crippen LogP contribution in [-0.2, 0) is 16.0 Å². The summed E-state index contributed by atoms with van der Waals surface area (Å²) in [5, 5.41) is 17.7. The van der Waals surface area contributed by atoms with E-state index in [-0.39, 0.29) is 6.42 Å². The van der Waals surface area contributed by atoms with Gasteiger partial charge in [-0.05, 0) is 17.7 Å². The van der Waals surface area contributed by atoms with Crippen molar-refractivity contribution in [3.63, 3.8) is 0 Å². The van der Waals surface area contributed by atoms with Gasteiger partial charge >= 0.3 is 11.9 Å². The molecule has 0 radical (unpaired) electrons. The van der Waals surface area contributed by atoms with E-state index in [2.05, 4.69) is 5.92 Å². The first-order valence-corrected chi connectivity index (χ1v) is 6.16. The molecule has 0 bridgehead atoms. The highest BCUT2D eigenvalue weighted by Crippen LogP contribution is 2.17. The second-order valence-electron chi connectivity index (χ2n) is 4.56. The Hall–Kier alpha value is -2.48. The van der Waals surface area contributed by atoms with Crippen LogP contribution >= 0.6 is 0 Å². The lowest BCUT2D eigenvalue weighted by Gasteiger charge is -2.24. The highest BCUT2D eigenvalue weighted by Gasteiger charge is 2.16. The van der Waals surface area contributed by atoms with Crippen molar-refractivity contribution in [2.75, 3.05) is 18.0 Å². The summed E-state index contributed by atoms with van der Waals surface area (Å²) >= 11 is 0. The first-order chi connectivity index (χ1) is 9.43. The normalized spacial score (nSPS) is 11.4. The van der Waals surface area contributed by atoms with E-state index >= 15 is 0 Å². The van der Waals surface area contributed by atoms with E-state index in [1.54, 1.807) is 36.1 Å². The average molecular weight is 275 g/mol. The lowest BCUT2D eigenvalue weighted by molar-refractivity contribution is -0.141. The fourth-order valence-corrected chi connectivity index (χ4v) is 1.78. The molecule has 0 aliphatic rings. The van der Waals surface area contributed by atoms with Crippen molar-refractivity contribution in [3.8, 4) is 12.3 Å². The number of anilines is 1. The number of aliphatic carboxylic acids is 2. The molecule has 106 valence electrons. The molecule has 0 aromatic heterocycles. The van der Waals surface area contributed by atoms with Crippen molar-refractivity contribution in [2.24, 2.45) is 5.92 Å². The van der Waals surface area contributed by atoms with Crippen molar-refractivity contribution in [1.82, 2.24) is 0 Å². The summed E-state index contributed by atoms with van der Waals surface area (Å²) in [6.45, 7) is 2.22. The third kappa shape index (κ3) is 4.65. The summed E-state index contributed by atoms with van der Waals surface area (Å²) in [6, 6.07) is 6.92. The van der Waals surface area contributed by atoms with Gasteiger partial charge in [0.25, 0.3) is 0 Å². The molecule has 0 saturated heterocycles. The van der Waals surface area contributed by atoms with E-state index < -0.39 is 17.9 Å². The topological polar surface area (TPSA) is 77.8 Å². The van der Waals surface area contributed by atoms with Gasteiger partial charge in [-0.1, -0.05) is 25.0 Å². The number of carboxylic acid groups (broad SMARTS) is 2. The summed E-state index contributed by atoms with van der Waals surface area (Å²) in [5.74, 6) is 0.185. The lowest BCUT2D eigenvalue weighted by atomic mass is 10.1. The minimum Gasteiger partial charge on any atom is -0.481 e. The SMILES string of the molecule is C#CCN(CC(C)C(=O)O)c1ccc(CC(=O)O)cc1. The molecule has 1 aromatic carbocycles. The molecule has 1 aromatic rings. The Morgan fingerprint density at radius 2 is 1.90 bits per heavy atom. The molecule has 5 heteroatoms. The standard InChI is InChI=1S/C15H17NO4/c1-3-8-16(10-11(2)15(19)20)13-6-4-12(5-7-13)9-14(17)18/h1,4-7,11H,8-10H2,2H3,(H,17,18)(H,19,20). The van der Waals surface area contributed by atoms with Crippen molar-refractivity contribution in [2.45, 2.75) is 13.3 Å². The van der Waals surface area contributed by atoms with Gasteiger partial charge in [0.2, 0.25) is 0 Å². The highest BCUT2D eigenvalue weighted by molar-refractivity contribution is 5.71. The van der Waals surface area contributed by atoms with Crippen molar-refractivity contribution in [3.05, 3.63) is 29.8 Å². The molecule has 0 aliphatic carbocycles. The van der Waals surface area contributed by atoms with Crippen molar-refractivity contribution < 1.29 is 19.8 Å². The second kappa shape index (κ2) is 7.19. The number of carboxylic acids is 2. The zero-order valence-electron chi connectivity index (χ0n) is 11.2. The monoisotopic (exact) mass is 275 g/mol. The summed E-state index contributed by atoms with van der Waals surface area (Å²) in [5.41, 5.74) is 1.47. The fourth-order valence-electron chi connectivity index (χ4n) is 1.78. The molecule has 0 amide bonds. The summed E-state index contributed by atoms with van der Waals surface area (Å²) < 4.78 is 0. The maximum absolute atomic E-state index is 10.9. The van der Waals surface area contributed by atoms with E-state index in [0.717, 1.165) is 5.69 Å². The van der Waals surface area contributed by atoms with Crippen LogP contribution in [-0.4, -0.2) is 35.2 Å². The van der Waals surface area contributed by atoms with E-state index in [0.29, 0.717) is 18.7 Å². The summed E-state index contributed by atoms with van der Waals surface area (Å²) in [7, 11) is 0. The van der Waals surface area contributed by atoms with Gasteiger partial charge in [-0.2, -0.15) is 0 Å². The molecule has 1 unspecified atom stereocenters. The molecule has 1 atom stereocenters. The molecule has 20 heavy (non-hydrogen) atoms. The van der Waals surface area contributed by atoms with E-state index in [9.17, 15) is 9.59 Å². The largest absolute Gasteiger partial charge is 0.481 e. The molecule has 0 heterocycles. The smallest absolute Gasteiger partial charge is 0.308 e. The minimum absolute atomic E-state index is 0.0407. The van der Waals surface area contributed by atoms with Crippen LogP contribution in [0.25, 0.3) is 0 Å². The predicted molar refractivity (Wildman–Crippen MR) is 75.6 cm³/mol. The van der Waals surface area contributed by atoms with Gasteiger partial charge in [0.05, 0.1) is 18.9 Å². The fraction of sp³-hybridized carbons (Fsp3) is 0.333. The molecule has 2 N–H and O–H groups in total. The Morgan fingerprint density at radius 1 is 1.30 bits per heavy atom. The number of hydrogen-bond donors (Lipinski definition) is 2. The average Bonchev–Trinajstić information content (AvgIpc) is 2.38. The zero-order valence-corrected chi connectivity index (χ0v) is 11.2. The zero-order chi connectivity index (χ0) is 15.1.